The lowest BCUT2D eigenvalue weighted by atomic mass is 10.2. The molecule has 0 fully saturated rings. The molecule has 0 saturated heterocycles. The molecule has 16 heavy (non-hydrogen) atoms. The molecule has 2 aromatic heterocycles. The van der Waals surface area contributed by atoms with E-state index in [2.05, 4.69) is 31.2 Å². The van der Waals surface area contributed by atoms with E-state index in [0.29, 0.717) is 0 Å². The molecule has 84 valence electrons. The van der Waals surface area contributed by atoms with Crippen LogP contribution in [0.2, 0.25) is 0 Å². The summed E-state index contributed by atoms with van der Waals surface area (Å²) in [7, 11) is 1.88. The van der Waals surface area contributed by atoms with E-state index in [0.717, 1.165) is 31.6 Å². The molecule has 0 amide bonds. The second-order valence-corrected chi connectivity index (χ2v) is 5.92. The molecule has 1 N–H and O–H groups in total. The number of thiophene rings is 1. The Balaban J connectivity index is 2.54. The van der Waals surface area contributed by atoms with Gasteiger partial charge in [-0.1, -0.05) is 0 Å². The number of nitrogens with one attached hydrogen (secondary N) is 1. The Bertz CT molecular complexity index is 522. The van der Waals surface area contributed by atoms with Crippen molar-refractivity contribution in [1.29, 1.82) is 0 Å². The summed E-state index contributed by atoms with van der Waals surface area (Å²) in [6.07, 6.45) is 0. The van der Waals surface area contributed by atoms with Crippen LogP contribution in [0.1, 0.15) is 11.3 Å². The van der Waals surface area contributed by atoms with E-state index in [1.807, 2.05) is 33.0 Å². The monoisotopic (exact) mass is 297 g/mol. The minimum Gasteiger partial charge on any atom is -0.373 e. The Labute approximate surface area is 107 Å². The lowest BCUT2D eigenvalue weighted by Crippen LogP contribution is -2.01. The molecule has 0 radical (unpaired) electrons. The molecule has 0 aliphatic carbocycles. The van der Waals surface area contributed by atoms with Crippen LogP contribution in [-0.2, 0) is 0 Å². The highest BCUT2D eigenvalue weighted by molar-refractivity contribution is 9.11. The number of aryl methyl sites for hydroxylation is 1. The standard InChI is InChI=1S/C11H12BrN3S/c1-6-7(2)14-11(15-10(6)13-3)8-4-5-9(12)16-8/h4-5H,1-3H3,(H,13,14,15). The maximum absolute atomic E-state index is 4.50. The lowest BCUT2D eigenvalue weighted by molar-refractivity contribution is 1.07. The summed E-state index contributed by atoms with van der Waals surface area (Å²) in [5, 5.41) is 3.09. The Morgan fingerprint density at radius 1 is 1.25 bits per heavy atom. The van der Waals surface area contributed by atoms with Gasteiger partial charge in [-0.15, -0.1) is 11.3 Å². The summed E-state index contributed by atoms with van der Waals surface area (Å²) in [5.41, 5.74) is 2.11. The maximum atomic E-state index is 4.50. The lowest BCUT2D eigenvalue weighted by Gasteiger charge is -2.08. The predicted octanol–water partition coefficient (Wildman–Crippen LogP) is 3.63. The molecule has 0 unspecified atom stereocenters. The molecule has 0 bridgehead atoms. The first kappa shape index (κ1) is 11.5. The third kappa shape index (κ3) is 2.10. The number of rotatable bonds is 2. The van der Waals surface area contributed by atoms with E-state index >= 15 is 0 Å². The van der Waals surface area contributed by atoms with Gasteiger partial charge in [-0.25, -0.2) is 9.97 Å². The SMILES string of the molecule is CNc1nc(-c2ccc(Br)s2)nc(C)c1C. The Morgan fingerprint density at radius 2 is 2.00 bits per heavy atom. The van der Waals surface area contributed by atoms with Crippen LogP contribution in [0.5, 0.6) is 0 Å². The predicted molar refractivity (Wildman–Crippen MR) is 72.1 cm³/mol. The summed E-state index contributed by atoms with van der Waals surface area (Å²) < 4.78 is 1.09. The summed E-state index contributed by atoms with van der Waals surface area (Å²) in [6.45, 7) is 4.03. The summed E-state index contributed by atoms with van der Waals surface area (Å²) in [4.78, 5) is 10.1. The second kappa shape index (κ2) is 4.51. The molecular weight excluding hydrogens is 286 g/mol. The van der Waals surface area contributed by atoms with Crippen LogP contribution in [0.4, 0.5) is 5.82 Å². The van der Waals surface area contributed by atoms with Gasteiger partial charge < -0.3 is 5.32 Å². The summed E-state index contributed by atoms with van der Waals surface area (Å²) in [6, 6.07) is 4.04. The zero-order chi connectivity index (χ0) is 11.7. The van der Waals surface area contributed by atoms with Crippen molar-refractivity contribution in [2.24, 2.45) is 0 Å². The van der Waals surface area contributed by atoms with E-state index in [9.17, 15) is 0 Å². The molecule has 0 aliphatic heterocycles. The topological polar surface area (TPSA) is 37.8 Å². The third-order valence-corrected chi connectivity index (χ3v) is 4.04. The van der Waals surface area contributed by atoms with Crippen molar-refractivity contribution in [3.63, 3.8) is 0 Å². The van der Waals surface area contributed by atoms with Gasteiger partial charge >= 0.3 is 0 Å². The van der Waals surface area contributed by atoms with Crippen LogP contribution in [0.15, 0.2) is 15.9 Å². The fourth-order valence-electron chi connectivity index (χ4n) is 1.42. The molecule has 0 saturated carbocycles. The molecule has 0 aromatic carbocycles. The van der Waals surface area contributed by atoms with Gasteiger partial charge in [0.15, 0.2) is 5.82 Å². The van der Waals surface area contributed by atoms with Crippen molar-refractivity contribution >= 4 is 33.1 Å². The Morgan fingerprint density at radius 3 is 2.56 bits per heavy atom. The Kier molecular flexibility index (Phi) is 3.25. The van der Waals surface area contributed by atoms with Gasteiger partial charge in [-0.2, -0.15) is 0 Å². The van der Waals surface area contributed by atoms with Gasteiger partial charge in [0.05, 0.1) is 8.66 Å². The van der Waals surface area contributed by atoms with Gasteiger partial charge in [0, 0.05) is 18.3 Å². The van der Waals surface area contributed by atoms with Gasteiger partial charge in [0.25, 0.3) is 0 Å². The molecule has 2 heterocycles. The fraction of sp³-hybridized carbons (Fsp3) is 0.273. The zero-order valence-corrected chi connectivity index (χ0v) is 11.7. The van der Waals surface area contributed by atoms with Crippen molar-refractivity contribution < 1.29 is 0 Å². The van der Waals surface area contributed by atoms with Crippen LogP contribution < -0.4 is 5.32 Å². The molecule has 0 spiro atoms. The molecule has 0 aliphatic rings. The quantitative estimate of drug-likeness (QED) is 0.920. The van der Waals surface area contributed by atoms with E-state index in [1.165, 1.54) is 0 Å². The third-order valence-electron chi connectivity index (χ3n) is 2.42. The zero-order valence-electron chi connectivity index (χ0n) is 9.34. The largest absolute Gasteiger partial charge is 0.373 e. The first-order chi connectivity index (χ1) is 7.61. The number of anilines is 1. The number of hydrogen-bond donors (Lipinski definition) is 1. The van der Waals surface area contributed by atoms with Crippen molar-refractivity contribution in [2.75, 3.05) is 12.4 Å². The van der Waals surface area contributed by atoms with Gasteiger partial charge in [0.1, 0.15) is 5.82 Å². The van der Waals surface area contributed by atoms with Crippen molar-refractivity contribution in [1.82, 2.24) is 9.97 Å². The van der Waals surface area contributed by atoms with Crippen LogP contribution in [0.3, 0.4) is 0 Å². The number of hydrogen-bond acceptors (Lipinski definition) is 4. The molecule has 5 heteroatoms. The van der Waals surface area contributed by atoms with E-state index < -0.39 is 0 Å². The maximum Gasteiger partial charge on any atom is 0.171 e. The molecule has 2 aromatic rings. The molecule has 0 atom stereocenters. The molecule has 3 nitrogen and oxygen atoms in total. The van der Waals surface area contributed by atoms with Crippen LogP contribution >= 0.6 is 27.3 Å². The first-order valence-corrected chi connectivity index (χ1v) is 6.51. The first-order valence-electron chi connectivity index (χ1n) is 4.90. The van der Waals surface area contributed by atoms with Crippen molar-refractivity contribution in [3.05, 3.63) is 27.2 Å². The van der Waals surface area contributed by atoms with Crippen molar-refractivity contribution in [3.8, 4) is 10.7 Å². The Hall–Kier alpha value is -0.940. The smallest absolute Gasteiger partial charge is 0.171 e. The van der Waals surface area contributed by atoms with E-state index in [4.69, 9.17) is 0 Å². The van der Waals surface area contributed by atoms with Gasteiger partial charge in [0.2, 0.25) is 0 Å². The summed E-state index contributed by atoms with van der Waals surface area (Å²) in [5.74, 6) is 1.68. The number of halogens is 1. The minimum atomic E-state index is 0.781. The van der Waals surface area contributed by atoms with Gasteiger partial charge in [-0.3, -0.25) is 0 Å². The fourth-order valence-corrected chi connectivity index (χ4v) is 2.74. The average Bonchev–Trinajstić information content (AvgIpc) is 2.69. The average molecular weight is 298 g/mol. The van der Waals surface area contributed by atoms with Crippen LogP contribution in [0, 0.1) is 13.8 Å². The van der Waals surface area contributed by atoms with Crippen LogP contribution in [-0.4, -0.2) is 17.0 Å². The minimum absolute atomic E-state index is 0.781. The normalized spacial score (nSPS) is 10.5. The number of nitrogens with zero attached hydrogens (tertiary/aromatic N) is 2. The van der Waals surface area contributed by atoms with E-state index in [1.54, 1.807) is 11.3 Å². The van der Waals surface area contributed by atoms with Crippen LogP contribution in [0.25, 0.3) is 10.7 Å². The summed E-state index contributed by atoms with van der Waals surface area (Å²) >= 11 is 5.08. The highest BCUT2D eigenvalue weighted by atomic mass is 79.9. The van der Waals surface area contributed by atoms with Gasteiger partial charge in [-0.05, 0) is 41.9 Å². The second-order valence-electron chi connectivity index (χ2n) is 3.46. The highest BCUT2D eigenvalue weighted by Crippen LogP contribution is 2.30. The highest BCUT2D eigenvalue weighted by Gasteiger charge is 2.10. The number of aromatic nitrogens is 2. The molecular formula is C11H12BrN3S. The molecule has 2 rings (SSSR count). The van der Waals surface area contributed by atoms with E-state index in [-0.39, 0.29) is 0 Å². The van der Waals surface area contributed by atoms with Crippen molar-refractivity contribution in [2.45, 2.75) is 13.8 Å².